The molecule has 8 aromatic rings. The van der Waals surface area contributed by atoms with Crippen molar-refractivity contribution < 1.29 is 27.6 Å². The normalized spacial score (nSPS) is 14.7. The van der Waals surface area contributed by atoms with Gasteiger partial charge in [0.05, 0.1) is 13.7 Å². The molecule has 0 unspecified atom stereocenters. The number of rotatable bonds is 2. The maximum atomic E-state index is 9.80. The van der Waals surface area contributed by atoms with Crippen LogP contribution in [-0.4, -0.2) is 5.11 Å². The second-order valence-corrected chi connectivity index (χ2v) is 9.24. The molecule has 0 atom stereocenters. The summed E-state index contributed by atoms with van der Waals surface area (Å²) >= 11 is 0. The lowest BCUT2D eigenvalue weighted by Gasteiger charge is -2.03. The summed E-state index contributed by atoms with van der Waals surface area (Å²) in [5.74, 6) is 0.0612. The minimum absolute atomic E-state index is 0.0612. The van der Waals surface area contributed by atoms with Gasteiger partial charge < -0.3 is 13.9 Å². The van der Waals surface area contributed by atoms with E-state index < -0.39 is 6.04 Å². The second kappa shape index (κ2) is 9.79. The topological polar surface area (TPSA) is 46.5 Å². The van der Waals surface area contributed by atoms with Crippen LogP contribution in [0.15, 0.2) is 142 Å². The minimum Gasteiger partial charge on any atom is -0.508 e. The Morgan fingerprint density at radius 2 is 1.05 bits per heavy atom. The number of hydrogen-bond acceptors (Lipinski definition) is 3. The number of benzene rings is 6. The van der Waals surface area contributed by atoms with E-state index in [4.69, 9.17) is 22.5 Å². The van der Waals surface area contributed by atoms with E-state index in [2.05, 4.69) is 0 Å². The quantitative estimate of drug-likeness (QED) is 0.243. The molecule has 0 bridgehead atoms. The summed E-state index contributed by atoms with van der Waals surface area (Å²) in [5, 5.41) is 12.7. The van der Waals surface area contributed by atoms with Crippen LogP contribution in [0.5, 0.6) is 5.75 Å². The fraction of sp³-hybridized carbons (Fsp3) is 0.0270. The average molecular weight is 529 g/mol. The van der Waals surface area contributed by atoms with E-state index in [-0.39, 0.29) is 71.3 Å². The predicted molar refractivity (Wildman–Crippen MR) is 165 cm³/mol. The predicted octanol–water partition coefficient (Wildman–Crippen LogP) is 10.5. The Kier molecular flexibility index (Phi) is 3.76. The van der Waals surface area contributed by atoms with Crippen molar-refractivity contribution in [2.45, 2.75) is 6.92 Å². The van der Waals surface area contributed by atoms with E-state index in [9.17, 15) is 5.11 Å². The Labute approximate surface area is 245 Å². The van der Waals surface area contributed by atoms with Crippen LogP contribution in [0.2, 0.25) is 0 Å². The number of hydrogen-bond donors (Lipinski definition) is 1. The first kappa shape index (κ1) is 15.3. The van der Waals surface area contributed by atoms with Crippen molar-refractivity contribution in [1.29, 1.82) is 0 Å². The van der Waals surface area contributed by atoms with Gasteiger partial charge in [0.15, 0.2) is 0 Å². The molecule has 1 N–H and O–H groups in total. The average Bonchev–Trinajstić information content (AvgIpc) is 3.67. The molecule has 0 aliphatic heterocycles. The number of aromatic hydroxyl groups is 1. The van der Waals surface area contributed by atoms with Crippen molar-refractivity contribution in [3.8, 4) is 28.0 Å². The van der Waals surface area contributed by atoms with Crippen molar-refractivity contribution in [3.63, 3.8) is 0 Å². The standard InChI is InChI=1S/C19H14O.C18H12O2/c1-13-10-11-17-16(12-13)19-15(8-5-9-18(19)20-17)14-6-3-2-4-7-14;19-13-9-10-16-15(11-13)18-14(7-4-8-17(18)20-16)12-5-2-1-3-6-12/h2-12H,1H3;1-11,19H/i2D,3D,4D,6D,7D;1D,2D,3D,5D,6D. The molecule has 3 nitrogen and oxygen atoms in total. The molecule has 0 aliphatic rings. The molecule has 2 aromatic heterocycles. The van der Waals surface area contributed by atoms with Crippen LogP contribution < -0.4 is 0 Å². The van der Waals surface area contributed by atoms with Crippen LogP contribution in [0, 0.1) is 6.92 Å². The third-order valence-electron chi connectivity index (χ3n) is 6.67. The van der Waals surface area contributed by atoms with Gasteiger partial charge in [-0.1, -0.05) is 96.3 Å². The molecule has 2 heterocycles. The fourth-order valence-corrected chi connectivity index (χ4v) is 4.94. The highest BCUT2D eigenvalue weighted by atomic mass is 16.3. The Bertz CT molecular complexity index is 2450. The summed E-state index contributed by atoms with van der Waals surface area (Å²) in [4.78, 5) is 0. The first-order valence-corrected chi connectivity index (χ1v) is 12.5. The van der Waals surface area contributed by atoms with Gasteiger partial charge in [-0.15, -0.1) is 0 Å². The number of phenols is 1. The number of fused-ring (bicyclic) bond motifs is 6. The van der Waals surface area contributed by atoms with Crippen LogP contribution in [0.3, 0.4) is 0 Å². The van der Waals surface area contributed by atoms with Crippen LogP contribution in [0.4, 0.5) is 0 Å². The maximum absolute atomic E-state index is 9.80. The third-order valence-corrected chi connectivity index (χ3v) is 6.67. The number of aryl methyl sites for hydroxylation is 1. The van der Waals surface area contributed by atoms with Crippen LogP contribution >= 0.6 is 0 Å². The van der Waals surface area contributed by atoms with Crippen molar-refractivity contribution in [2.24, 2.45) is 0 Å². The van der Waals surface area contributed by atoms with Crippen molar-refractivity contribution in [1.82, 2.24) is 0 Å². The maximum Gasteiger partial charge on any atom is 0.136 e. The molecular formula is C37H26O3. The zero-order chi connectivity index (χ0) is 35.8. The summed E-state index contributed by atoms with van der Waals surface area (Å²) in [6, 6.07) is 17.8. The first-order valence-electron chi connectivity index (χ1n) is 17.5. The van der Waals surface area contributed by atoms with E-state index in [1.54, 1.807) is 42.5 Å². The Morgan fingerprint density at radius 1 is 0.550 bits per heavy atom. The van der Waals surface area contributed by atoms with Gasteiger partial charge in [-0.2, -0.15) is 0 Å². The zero-order valence-electron chi connectivity index (χ0n) is 31.2. The highest BCUT2D eigenvalue weighted by Gasteiger charge is 2.13. The Balaban J connectivity index is 0.000000157. The van der Waals surface area contributed by atoms with Crippen LogP contribution in [0.25, 0.3) is 66.1 Å². The molecule has 0 saturated carbocycles. The minimum atomic E-state index is -0.430. The lowest BCUT2D eigenvalue weighted by molar-refractivity contribution is 0.476. The largest absolute Gasteiger partial charge is 0.508 e. The van der Waals surface area contributed by atoms with E-state index in [1.807, 2.05) is 31.2 Å². The fourth-order valence-electron chi connectivity index (χ4n) is 4.94. The van der Waals surface area contributed by atoms with E-state index in [0.717, 1.165) is 16.3 Å². The molecule has 3 heteroatoms. The van der Waals surface area contributed by atoms with E-state index in [0.29, 0.717) is 44.2 Å². The van der Waals surface area contributed by atoms with Gasteiger partial charge in [0.2, 0.25) is 0 Å². The second-order valence-electron chi connectivity index (χ2n) is 9.24. The molecule has 0 spiro atoms. The highest BCUT2D eigenvalue weighted by molar-refractivity contribution is 6.13. The Morgan fingerprint density at radius 3 is 1.60 bits per heavy atom. The van der Waals surface area contributed by atoms with Gasteiger partial charge in [0.1, 0.15) is 28.1 Å². The SMILES string of the molecule is [2H]c1c([2H])c([2H])c(-c2cccc3oc4ccc(C)cc4c23)c([2H])c1[2H].[2H]c1c([2H])c([2H])c(-c2cccc3oc4ccc(O)cc4c23)c([2H])c1[2H]. The molecule has 0 aliphatic carbocycles. The van der Waals surface area contributed by atoms with E-state index in [1.165, 1.54) is 6.07 Å². The molecule has 0 saturated heterocycles. The molecule has 8 rings (SSSR count). The molecule has 0 amide bonds. The highest BCUT2D eigenvalue weighted by Crippen LogP contribution is 2.38. The number of furan rings is 2. The number of phenolic OH excluding ortho intramolecular Hbond substituents is 1. The van der Waals surface area contributed by atoms with Gasteiger partial charge in [-0.3, -0.25) is 0 Å². The summed E-state index contributed by atoms with van der Waals surface area (Å²) in [6.07, 6.45) is 0. The van der Waals surface area contributed by atoms with E-state index >= 15 is 0 Å². The van der Waals surface area contributed by atoms with Crippen molar-refractivity contribution in [2.75, 3.05) is 0 Å². The van der Waals surface area contributed by atoms with Crippen LogP contribution in [-0.2, 0) is 0 Å². The summed E-state index contributed by atoms with van der Waals surface area (Å²) in [6.45, 7) is 1.98. The zero-order valence-corrected chi connectivity index (χ0v) is 21.2. The van der Waals surface area contributed by atoms with Gasteiger partial charge >= 0.3 is 0 Å². The first-order chi connectivity index (χ1) is 23.8. The molecule has 40 heavy (non-hydrogen) atoms. The lowest BCUT2D eigenvalue weighted by Crippen LogP contribution is -1.79. The molecule has 192 valence electrons. The molecule has 0 fully saturated rings. The van der Waals surface area contributed by atoms with Crippen molar-refractivity contribution >= 4 is 43.9 Å². The molecule has 6 aromatic carbocycles. The summed E-state index contributed by atoms with van der Waals surface area (Å²) < 4.78 is 91.7. The monoisotopic (exact) mass is 528 g/mol. The van der Waals surface area contributed by atoms with Gasteiger partial charge in [0.25, 0.3) is 0 Å². The van der Waals surface area contributed by atoms with Gasteiger partial charge in [-0.25, -0.2) is 0 Å². The lowest BCUT2D eigenvalue weighted by atomic mass is 9.99. The third kappa shape index (κ3) is 4.18. The van der Waals surface area contributed by atoms with Gasteiger partial charge in [-0.05, 0) is 71.6 Å². The Hall–Kier alpha value is -5.28. The van der Waals surface area contributed by atoms with Gasteiger partial charge in [0, 0.05) is 21.5 Å². The van der Waals surface area contributed by atoms with Crippen molar-refractivity contribution in [3.05, 3.63) is 139 Å². The van der Waals surface area contributed by atoms with Crippen LogP contribution in [0.1, 0.15) is 19.3 Å². The smallest absolute Gasteiger partial charge is 0.136 e. The molecular weight excluding hydrogens is 492 g/mol. The summed E-state index contributed by atoms with van der Waals surface area (Å²) in [5.41, 5.74) is 4.83. The molecule has 0 radical (unpaired) electrons. The summed E-state index contributed by atoms with van der Waals surface area (Å²) in [7, 11) is 0.